The van der Waals surface area contributed by atoms with Crippen LogP contribution in [0.3, 0.4) is 0 Å². The van der Waals surface area contributed by atoms with Gasteiger partial charge in [-0.2, -0.15) is 0 Å². The Balaban J connectivity index is 2.02. The maximum atomic E-state index is 13.2. The summed E-state index contributed by atoms with van der Waals surface area (Å²) in [5.74, 6) is -2.62. The number of pyridine rings is 1. The maximum Gasteiger partial charge on any atom is 0.340 e. The Morgan fingerprint density at radius 2 is 1.62 bits per heavy atom. The maximum absolute atomic E-state index is 13.2. The lowest BCUT2D eigenvalue weighted by atomic mass is 10.1. The molecule has 2 aromatic rings. The van der Waals surface area contributed by atoms with E-state index < -0.39 is 23.6 Å². The highest BCUT2D eigenvalue weighted by molar-refractivity contribution is 6.06. The molecule has 3 N–H and O–H groups in total. The second-order valence-corrected chi connectivity index (χ2v) is 9.63. The first kappa shape index (κ1) is 32.1. The molecule has 0 spiro atoms. The molecule has 0 unspecified atom stereocenters. The fourth-order valence-electron chi connectivity index (χ4n) is 3.50. The highest BCUT2D eigenvalue weighted by Crippen LogP contribution is 2.21. The van der Waals surface area contributed by atoms with Crippen molar-refractivity contribution in [1.29, 1.82) is 0 Å². The zero-order chi connectivity index (χ0) is 29.5. The first-order chi connectivity index (χ1) is 19.1. The minimum absolute atomic E-state index is 0.0314. The summed E-state index contributed by atoms with van der Waals surface area (Å²) >= 11 is 0. The topological polar surface area (TPSA) is 121 Å². The lowest BCUT2D eigenvalue weighted by molar-refractivity contribution is -0.118. The lowest BCUT2D eigenvalue weighted by Crippen LogP contribution is -2.36. The van der Waals surface area contributed by atoms with Gasteiger partial charge in [0.2, 0.25) is 5.91 Å². The Labute approximate surface area is 235 Å². The number of allylic oxidation sites excluding steroid dienone is 5. The second-order valence-electron chi connectivity index (χ2n) is 9.63. The summed E-state index contributed by atoms with van der Waals surface area (Å²) in [4.78, 5) is 40.8. The average molecular weight is 552 g/mol. The van der Waals surface area contributed by atoms with Crippen molar-refractivity contribution in [2.45, 2.75) is 60.0 Å². The number of aromatic nitrogens is 1. The highest BCUT2D eigenvalue weighted by Gasteiger charge is 2.20. The Kier molecular flexibility index (Phi) is 13.5. The van der Waals surface area contributed by atoms with Crippen molar-refractivity contribution in [3.8, 4) is 5.75 Å². The van der Waals surface area contributed by atoms with Gasteiger partial charge in [-0.25, -0.2) is 14.2 Å². The molecule has 1 aromatic heterocycles. The van der Waals surface area contributed by atoms with Gasteiger partial charge in [0.1, 0.15) is 19.0 Å². The zero-order valence-corrected chi connectivity index (χ0v) is 23.6. The molecule has 2 rings (SSSR count). The molecule has 0 atom stereocenters. The van der Waals surface area contributed by atoms with E-state index in [1.54, 1.807) is 0 Å². The van der Waals surface area contributed by atoms with Gasteiger partial charge >= 0.3 is 5.97 Å². The fourth-order valence-corrected chi connectivity index (χ4v) is 3.50. The van der Waals surface area contributed by atoms with Gasteiger partial charge in [0.15, 0.2) is 11.4 Å². The van der Waals surface area contributed by atoms with Crippen LogP contribution in [0.5, 0.6) is 5.75 Å². The number of rotatable bonds is 14. The predicted octanol–water partition coefficient (Wildman–Crippen LogP) is 5.59. The third-order valence-electron chi connectivity index (χ3n) is 5.82. The van der Waals surface area contributed by atoms with Crippen molar-refractivity contribution in [2.24, 2.45) is 5.73 Å². The molecule has 0 saturated heterocycles. The smallest absolute Gasteiger partial charge is 0.340 e. The number of nitrogens with two attached hydrogens (primary N) is 1. The fraction of sp³-hybridized carbons (Fsp3) is 0.355. The van der Waals surface area contributed by atoms with Crippen molar-refractivity contribution in [3.63, 3.8) is 0 Å². The van der Waals surface area contributed by atoms with Crippen LogP contribution in [0.2, 0.25) is 0 Å². The van der Waals surface area contributed by atoms with E-state index in [4.69, 9.17) is 15.2 Å². The van der Waals surface area contributed by atoms with Gasteiger partial charge in [-0.05, 0) is 83.2 Å². The first-order valence-corrected chi connectivity index (χ1v) is 13.1. The Morgan fingerprint density at radius 1 is 0.975 bits per heavy atom. The summed E-state index contributed by atoms with van der Waals surface area (Å²) in [7, 11) is 0. The van der Waals surface area contributed by atoms with Crippen molar-refractivity contribution in [1.82, 2.24) is 10.3 Å². The van der Waals surface area contributed by atoms with Crippen LogP contribution in [-0.2, 0) is 16.1 Å². The van der Waals surface area contributed by atoms with Crippen LogP contribution >= 0.6 is 0 Å². The largest absolute Gasteiger partial charge is 0.486 e. The minimum atomic E-state index is -0.829. The average Bonchev–Trinajstić information content (AvgIpc) is 2.92. The second kappa shape index (κ2) is 16.8. The van der Waals surface area contributed by atoms with E-state index in [0.717, 1.165) is 31.3 Å². The number of hydrogen-bond donors (Lipinski definition) is 2. The minimum Gasteiger partial charge on any atom is -0.486 e. The van der Waals surface area contributed by atoms with Crippen molar-refractivity contribution in [2.75, 3.05) is 13.2 Å². The third-order valence-corrected chi connectivity index (χ3v) is 5.82. The number of carbonyl (C=O) groups is 3. The number of hydrogen-bond acceptors (Lipinski definition) is 7. The normalized spacial score (nSPS) is 11.6. The molecule has 0 radical (unpaired) electrons. The summed E-state index contributed by atoms with van der Waals surface area (Å²) in [6.45, 7) is 7.97. The van der Waals surface area contributed by atoms with E-state index in [1.807, 2.05) is 13.0 Å². The van der Waals surface area contributed by atoms with Crippen molar-refractivity contribution >= 4 is 17.8 Å². The van der Waals surface area contributed by atoms with E-state index in [1.165, 1.54) is 47.7 Å². The van der Waals surface area contributed by atoms with E-state index >= 15 is 0 Å². The summed E-state index contributed by atoms with van der Waals surface area (Å²) in [5.41, 5.74) is 9.52. The van der Waals surface area contributed by atoms with Crippen molar-refractivity contribution < 1.29 is 28.2 Å². The Hall–Kier alpha value is -4.11. The highest BCUT2D eigenvalue weighted by atomic mass is 19.1. The van der Waals surface area contributed by atoms with Gasteiger partial charge in [-0.3, -0.25) is 14.9 Å². The predicted molar refractivity (Wildman–Crippen MR) is 152 cm³/mol. The number of nitrogens with one attached hydrogen (secondary N) is 1. The van der Waals surface area contributed by atoms with Crippen LogP contribution in [0.15, 0.2) is 71.5 Å². The Morgan fingerprint density at radius 3 is 2.27 bits per heavy atom. The standard InChI is InChI=1S/C31H38FN3O5/c1-21(2)7-5-8-22(3)9-6-10-23(4)15-16-39-31(38)25-17-27(40-20-24-11-13-26(32)14-12-24)29(34-19-25)30(37)35-28(36)18-33/h7,9,11-15,17,19H,5-6,8,10,16,18,20,33H2,1-4H3,(H,35,36,37). The lowest BCUT2D eigenvalue weighted by Gasteiger charge is -2.12. The van der Waals surface area contributed by atoms with Gasteiger partial charge in [0.25, 0.3) is 5.91 Å². The van der Waals surface area contributed by atoms with Crippen molar-refractivity contribution in [3.05, 3.63) is 94.1 Å². The van der Waals surface area contributed by atoms with Crippen LogP contribution in [0.4, 0.5) is 4.39 Å². The van der Waals surface area contributed by atoms with E-state index in [0.29, 0.717) is 5.56 Å². The van der Waals surface area contributed by atoms with Gasteiger partial charge < -0.3 is 15.2 Å². The molecule has 1 heterocycles. The number of amides is 2. The summed E-state index contributed by atoms with van der Waals surface area (Å²) < 4.78 is 24.3. The number of carbonyl (C=O) groups excluding carboxylic acids is 3. The van der Waals surface area contributed by atoms with Crippen LogP contribution in [0.1, 0.15) is 79.8 Å². The SMILES string of the molecule is CC(C)=CCCC(C)=CCCC(C)=CCOC(=O)c1cnc(C(=O)NC(=O)CN)c(OCc2ccc(F)cc2)c1. The molecule has 9 heteroatoms. The third kappa shape index (κ3) is 11.7. The number of nitrogens with zero attached hydrogens (tertiary/aromatic N) is 1. The molecule has 0 saturated carbocycles. The number of ether oxygens (including phenoxy) is 2. The molecule has 0 fully saturated rings. The Bertz CT molecular complexity index is 1260. The molecule has 8 nitrogen and oxygen atoms in total. The molecule has 0 bridgehead atoms. The molecular formula is C31H38FN3O5. The van der Waals surface area contributed by atoms with Crippen LogP contribution < -0.4 is 15.8 Å². The van der Waals surface area contributed by atoms with Gasteiger partial charge in [-0.15, -0.1) is 0 Å². The first-order valence-electron chi connectivity index (χ1n) is 13.1. The molecule has 214 valence electrons. The molecule has 0 aliphatic rings. The molecule has 1 aromatic carbocycles. The molecule has 0 aliphatic carbocycles. The summed E-state index contributed by atoms with van der Waals surface area (Å²) in [6.07, 6.45) is 11.3. The molecule has 0 aliphatic heterocycles. The van der Waals surface area contributed by atoms with E-state index in [2.05, 4.69) is 43.2 Å². The van der Waals surface area contributed by atoms with Gasteiger partial charge in [0, 0.05) is 6.20 Å². The zero-order valence-electron chi connectivity index (χ0n) is 23.6. The van der Waals surface area contributed by atoms with Crippen LogP contribution in [0.25, 0.3) is 0 Å². The number of benzene rings is 1. The monoisotopic (exact) mass is 551 g/mol. The quantitative estimate of drug-likeness (QED) is 0.232. The number of esters is 1. The number of halogens is 1. The van der Waals surface area contributed by atoms with Crippen LogP contribution in [0, 0.1) is 5.82 Å². The van der Waals surface area contributed by atoms with Crippen LogP contribution in [-0.4, -0.2) is 35.9 Å². The molecule has 2 amide bonds. The summed E-state index contributed by atoms with van der Waals surface area (Å²) in [6, 6.07) is 6.92. The van der Waals surface area contributed by atoms with Gasteiger partial charge in [0.05, 0.1) is 12.1 Å². The van der Waals surface area contributed by atoms with E-state index in [9.17, 15) is 18.8 Å². The van der Waals surface area contributed by atoms with Gasteiger partial charge in [-0.1, -0.05) is 41.0 Å². The molecular weight excluding hydrogens is 513 g/mol. The summed E-state index contributed by atoms with van der Waals surface area (Å²) in [5, 5.41) is 2.10. The van der Waals surface area contributed by atoms with E-state index in [-0.39, 0.29) is 36.8 Å². The number of imide groups is 1. The molecule has 40 heavy (non-hydrogen) atoms.